The molecule has 6 nitrogen and oxygen atoms in total. The molecule has 0 aromatic heterocycles. The van der Waals surface area contributed by atoms with Crippen LogP contribution in [-0.2, 0) is 6.54 Å². The van der Waals surface area contributed by atoms with Crippen molar-refractivity contribution >= 4 is 5.97 Å². The molecule has 0 aliphatic rings. The first kappa shape index (κ1) is 9.88. The van der Waals surface area contributed by atoms with Gasteiger partial charge in [-0.25, -0.2) is 4.79 Å². The van der Waals surface area contributed by atoms with Gasteiger partial charge in [0, 0.05) is 4.91 Å². The highest BCUT2D eigenvalue weighted by molar-refractivity contribution is 5.90. The SMILES string of the molecule is [N-]=[N+]=NCc1ccc(C(=O)O)c(O)c1. The number of carbonyl (C=O) groups is 1. The molecule has 0 atom stereocenters. The van der Waals surface area contributed by atoms with E-state index in [2.05, 4.69) is 10.0 Å². The van der Waals surface area contributed by atoms with Crippen LogP contribution in [0.3, 0.4) is 0 Å². The number of azide groups is 1. The second-order valence-electron chi connectivity index (χ2n) is 2.55. The minimum absolute atomic E-state index is 0.0873. The summed E-state index contributed by atoms with van der Waals surface area (Å²) in [5.41, 5.74) is 8.43. The molecule has 0 amide bonds. The Labute approximate surface area is 79.0 Å². The fraction of sp³-hybridized carbons (Fsp3) is 0.125. The zero-order valence-electron chi connectivity index (χ0n) is 7.08. The number of hydrogen-bond acceptors (Lipinski definition) is 3. The van der Waals surface area contributed by atoms with E-state index >= 15 is 0 Å². The number of phenols is 1. The topological polar surface area (TPSA) is 106 Å². The molecule has 2 N–H and O–H groups in total. The third-order valence-corrected chi connectivity index (χ3v) is 1.61. The molecule has 6 heteroatoms. The lowest BCUT2D eigenvalue weighted by Crippen LogP contribution is -1.96. The Hall–Kier alpha value is -2.20. The highest BCUT2D eigenvalue weighted by Crippen LogP contribution is 2.19. The molecule has 0 heterocycles. The van der Waals surface area contributed by atoms with Gasteiger partial charge in [-0.2, -0.15) is 0 Å². The summed E-state index contributed by atoms with van der Waals surface area (Å²) < 4.78 is 0. The summed E-state index contributed by atoms with van der Waals surface area (Å²) in [6, 6.07) is 4.01. The fourth-order valence-electron chi connectivity index (χ4n) is 0.970. The monoisotopic (exact) mass is 193 g/mol. The van der Waals surface area contributed by atoms with Crippen LogP contribution in [-0.4, -0.2) is 16.2 Å². The first-order valence-electron chi connectivity index (χ1n) is 3.71. The van der Waals surface area contributed by atoms with E-state index in [1.807, 2.05) is 0 Å². The molecule has 0 bridgehead atoms. The van der Waals surface area contributed by atoms with E-state index in [1.165, 1.54) is 18.2 Å². The van der Waals surface area contributed by atoms with Gasteiger partial charge in [-0.05, 0) is 23.2 Å². The quantitative estimate of drug-likeness (QED) is 0.434. The van der Waals surface area contributed by atoms with E-state index in [-0.39, 0.29) is 17.9 Å². The molecule has 1 aromatic rings. The van der Waals surface area contributed by atoms with E-state index < -0.39 is 5.97 Å². The van der Waals surface area contributed by atoms with Gasteiger partial charge in [-0.1, -0.05) is 11.2 Å². The number of carboxylic acid groups (broad SMARTS) is 1. The molecule has 0 aliphatic heterocycles. The lowest BCUT2D eigenvalue weighted by Gasteiger charge is -2.01. The maximum Gasteiger partial charge on any atom is 0.339 e. The molecule has 14 heavy (non-hydrogen) atoms. The van der Waals surface area contributed by atoms with Crippen molar-refractivity contribution in [2.24, 2.45) is 5.11 Å². The summed E-state index contributed by atoms with van der Waals surface area (Å²) in [5.74, 6) is -1.53. The van der Waals surface area contributed by atoms with Crippen molar-refractivity contribution in [2.75, 3.05) is 0 Å². The molecule has 72 valence electrons. The Morgan fingerprint density at radius 1 is 1.57 bits per heavy atom. The van der Waals surface area contributed by atoms with Crippen molar-refractivity contribution in [1.29, 1.82) is 0 Å². The molecule has 1 aromatic carbocycles. The van der Waals surface area contributed by atoms with Crippen LogP contribution in [0.4, 0.5) is 0 Å². The van der Waals surface area contributed by atoms with Gasteiger partial charge in [0.25, 0.3) is 0 Å². The third kappa shape index (κ3) is 2.15. The summed E-state index contributed by atoms with van der Waals surface area (Å²) in [7, 11) is 0. The second kappa shape index (κ2) is 4.15. The maximum atomic E-state index is 10.5. The molecule has 0 saturated carbocycles. The lowest BCUT2D eigenvalue weighted by atomic mass is 10.1. The van der Waals surface area contributed by atoms with E-state index in [4.69, 9.17) is 10.6 Å². The van der Waals surface area contributed by atoms with Gasteiger partial charge in [0.2, 0.25) is 0 Å². The van der Waals surface area contributed by atoms with E-state index in [9.17, 15) is 9.90 Å². The van der Waals surface area contributed by atoms with Gasteiger partial charge < -0.3 is 10.2 Å². The van der Waals surface area contributed by atoms with Crippen LogP contribution >= 0.6 is 0 Å². The van der Waals surface area contributed by atoms with E-state index in [1.54, 1.807) is 0 Å². The van der Waals surface area contributed by atoms with E-state index in [0.717, 1.165) is 0 Å². The fourth-order valence-corrected chi connectivity index (χ4v) is 0.970. The summed E-state index contributed by atoms with van der Waals surface area (Å²) in [4.78, 5) is 13.1. The number of aromatic hydroxyl groups is 1. The molecule has 0 radical (unpaired) electrons. The number of carboxylic acids is 1. The van der Waals surface area contributed by atoms with Gasteiger partial charge >= 0.3 is 5.97 Å². The Kier molecular flexibility index (Phi) is 2.93. The van der Waals surface area contributed by atoms with Crippen LogP contribution < -0.4 is 0 Å². The first-order chi connectivity index (χ1) is 6.65. The van der Waals surface area contributed by atoms with Crippen molar-refractivity contribution in [3.05, 3.63) is 39.8 Å². The average molecular weight is 193 g/mol. The molecular weight excluding hydrogens is 186 g/mol. The highest BCUT2D eigenvalue weighted by Gasteiger charge is 2.08. The van der Waals surface area contributed by atoms with Gasteiger partial charge in [0.15, 0.2) is 0 Å². The van der Waals surface area contributed by atoms with Crippen molar-refractivity contribution < 1.29 is 15.0 Å². The van der Waals surface area contributed by atoms with Gasteiger partial charge in [0.1, 0.15) is 11.3 Å². The predicted octanol–water partition coefficient (Wildman–Crippen LogP) is 1.90. The van der Waals surface area contributed by atoms with Crippen LogP contribution in [0.25, 0.3) is 10.4 Å². The molecule has 0 unspecified atom stereocenters. The zero-order chi connectivity index (χ0) is 10.6. The second-order valence-corrected chi connectivity index (χ2v) is 2.55. The number of hydrogen-bond donors (Lipinski definition) is 2. The summed E-state index contributed by atoms with van der Waals surface area (Å²) in [5, 5.41) is 21.1. The third-order valence-electron chi connectivity index (χ3n) is 1.61. The summed E-state index contributed by atoms with van der Waals surface area (Å²) >= 11 is 0. The Bertz CT molecular complexity index is 410. The van der Waals surface area contributed by atoms with Crippen LogP contribution in [0.15, 0.2) is 23.3 Å². The number of rotatable bonds is 3. The van der Waals surface area contributed by atoms with Crippen molar-refractivity contribution in [3.63, 3.8) is 0 Å². The van der Waals surface area contributed by atoms with Crippen LogP contribution in [0.1, 0.15) is 15.9 Å². The van der Waals surface area contributed by atoms with Crippen LogP contribution in [0.2, 0.25) is 0 Å². The molecule has 0 spiro atoms. The van der Waals surface area contributed by atoms with E-state index in [0.29, 0.717) is 5.56 Å². The normalized spacial score (nSPS) is 9.14. The van der Waals surface area contributed by atoms with Gasteiger partial charge in [-0.15, -0.1) is 0 Å². The predicted molar refractivity (Wildman–Crippen MR) is 47.9 cm³/mol. The summed E-state index contributed by atoms with van der Waals surface area (Å²) in [6.07, 6.45) is 0. The highest BCUT2D eigenvalue weighted by atomic mass is 16.4. The van der Waals surface area contributed by atoms with Crippen LogP contribution in [0.5, 0.6) is 5.75 Å². The molecule has 0 aliphatic carbocycles. The Morgan fingerprint density at radius 2 is 2.29 bits per heavy atom. The van der Waals surface area contributed by atoms with Gasteiger partial charge in [0.05, 0.1) is 6.54 Å². The molecular formula is C8H7N3O3. The lowest BCUT2D eigenvalue weighted by molar-refractivity contribution is 0.0693. The number of aromatic carboxylic acids is 1. The molecule has 1 rings (SSSR count). The number of benzene rings is 1. The van der Waals surface area contributed by atoms with Crippen molar-refractivity contribution in [1.82, 2.24) is 0 Å². The first-order valence-corrected chi connectivity index (χ1v) is 3.71. The molecule has 0 saturated heterocycles. The molecule has 0 fully saturated rings. The maximum absolute atomic E-state index is 10.5. The Morgan fingerprint density at radius 3 is 2.79 bits per heavy atom. The minimum atomic E-state index is -1.20. The Balaban J connectivity index is 3.00. The van der Waals surface area contributed by atoms with Crippen molar-refractivity contribution in [2.45, 2.75) is 6.54 Å². The standard InChI is InChI=1S/C8H7N3O3/c9-11-10-4-5-1-2-6(8(13)14)7(12)3-5/h1-3,12H,4H2,(H,13,14). The summed E-state index contributed by atoms with van der Waals surface area (Å²) in [6.45, 7) is 0.0873. The van der Waals surface area contributed by atoms with Crippen LogP contribution in [0, 0.1) is 0 Å². The zero-order valence-corrected chi connectivity index (χ0v) is 7.08. The largest absolute Gasteiger partial charge is 0.507 e. The average Bonchev–Trinajstić information content (AvgIpc) is 2.14. The van der Waals surface area contributed by atoms with Crippen molar-refractivity contribution in [3.8, 4) is 5.75 Å². The smallest absolute Gasteiger partial charge is 0.339 e. The number of nitrogens with zero attached hydrogens (tertiary/aromatic N) is 3. The van der Waals surface area contributed by atoms with Gasteiger partial charge in [-0.3, -0.25) is 0 Å². The minimum Gasteiger partial charge on any atom is -0.507 e.